The zero-order valence-electron chi connectivity index (χ0n) is 13.6. The van der Waals surface area contributed by atoms with Crippen molar-refractivity contribution in [2.75, 3.05) is 31.9 Å². The molecule has 0 saturated carbocycles. The van der Waals surface area contributed by atoms with Crippen molar-refractivity contribution < 1.29 is 4.79 Å². The van der Waals surface area contributed by atoms with Crippen LogP contribution in [0, 0.1) is 0 Å². The van der Waals surface area contributed by atoms with Gasteiger partial charge in [-0.25, -0.2) is 4.98 Å². The van der Waals surface area contributed by atoms with Crippen LogP contribution < -0.4 is 0 Å². The minimum atomic E-state index is 0.176. The molecule has 0 aliphatic carbocycles. The summed E-state index contributed by atoms with van der Waals surface area (Å²) in [5, 5.41) is 0. The molecular weight excluding hydrogens is 328 g/mol. The molecule has 0 atom stereocenters. The Kier molecular flexibility index (Phi) is 5.40. The lowest BCUT2D eigenvalue weighted by Gasteiger charge is -2.34. The molecular formula is C16H22N4OS2. The minimum Gasteiger partial charge on any atom is -0.337 e. The zero-order valence-corrected chi connectivity index (χ0v) is 15.2. The molecule has 1 aliphatic heterocycles. The lowest BCUT2D eigenvalue weighted by atomic mass is 10.3. The number of carbonyl (C=O) groups is 1. The van der Waals surface area contributed by atoms with Gasteiger partial charge in [-0.05, 0) is 17.9 Å². The first kappa shape index (κ1) is 16.5. The topological polar surface area (TPSA) is 41.4 Å². The number of thiophene rings is 1. The molecule has 0 N–H and O–H groups in total. The second-order valence-electron chi connectivity index (χ2n) is 5.57. The van der Waals surface area contributed by atoms with Crippen LogP contribution in [0.25, 0.3) is 0 Å². The summed E-state index contributed by atoms with van der Waals surface area (Å²) in [7, 11) is 2.02. The van der Waals surface area contributed by atoms with E-state index in [1.165, 1.54) is 4.21 Å². The van der Waals surface area contributed by atoms with Crippen molar-refractivity contribution in [2.24, 2.45) is 7.05 Å². The van der Waals surface area contributed by atoms with Crippen LogP contribution in [0.1, 0.15) is 22.4 Å². The van der Waals surface area contributed by atoms with Crippen LogP contribution >= 0.6 is 23.1 Å². The number of thioether (sulfide) groups is 1. The van der Waals surface area contributed by atoms with Gasteiger partial charge in [-0.2, -0.15) is 0 Å². The third-order valence-electron chi connectivity index (χ3n) is 4.02. The van der Waals surface area contributed by atoms with Gasteiger partial charge >= 0.3 is 0 Å². The summed E-state index contributed by atoms with van der Waals surface area (Å²) >= 11 is 3.40. The van der Waals surface area contributed by atoms with E-state index in [1.807, 2.05) is 30.4 Å². The summed E-state index contributed by atoms with van der Waals surface area (Å²) in [4.78, 5) is 22.2. The predicted octanol–water partition coefficient (Wildman–Crippen LogP) is 2.55. The number of piperazine rings is 1. The van der Waals surface area contributed by atoms with Crippen LogP contribution in [0.3, 0.4) is 0 Å². The molecule has 1 aliphatic rings. The molecule has 2 aromatic rings. The van der Waals surface area contributed by atoms with Crippen LogP contribution in [0.5, 0.6) is 0 Å². The number of aryl methyl sites for hydroxylation is 1. The number of amides is 1. The second-order valence-corrected chi connectivity index (χ2v) is 8.22. The largest absolute Gasteiger partial charge is 0.337 e. The lowest BCUT2D eigenvalue weighted by molar-refractivity contribution is 0.0629. The van der Waals surface area contributed by atoms with Crippen molar-refractivity contribution in [1.29, 1.82) is 0 Å². The van der Waals surface area contributed by atoms with E-state index in [9.17, 15) is 4.79 Å². The molecule has 5 nitrogen and oxygen atoms in total. The number of rotatable bonds is 5. The Morgan fingerprint density at radius 3 is 2.74 bits per heavy atom. The number of imidazole rings is 1. The van der Waals surface area contributed by atoms with Gasteiger partial charge < -0.3 is 9.47 Å². The monoisotopic (exact) mass is 350 g/mol. The fourth-order valence-corrected chi connectivity index (χ4v) is 4.68. The highest BCUT2D eigenvalue weighted by atomic mass is 32.2. The highest BCUT2D eigenvalue weighted by molar-refractivity contribution is 8.01. The Bertz CT molecular complexity index is 659. The van der Waals surface area contributed by atoms with E-state index in [-0.39, 0.29) is 5.91 Å². The summed E-state index contributed by atoms with van der Waals surface area (Å²) in [6, 6.07) is 4.02. The minimum absolute atomic E-state index is 0.176. The van der Waals surface area contributed by atoms with Crippen molar-refractivity contribution in [1.82, 2.24) is 19.4 Å². The van der Waals surface area contributed by atoms with Crippen molar-refractivity contribution in [3.8, 4) is 0 Å². The normalized spacial score (nSPS) is 16.0. The van der Waals surface area contributed by atoms with E-state index < -0.39 is 0 Å². The Morgan fingerprint density at radius 2 is 2.09 bits per heavy atom. The summed E-state index contributed by atoms with van der Waals surface area (Å²) in [5.41, 5.74) is 0. The Labute approximate surface area is 145 Å². The van der Waals surface area contributed by atoms with Gasteiger partial charge in [0.2, 0.25) is 0 Å². The van der Waals surface area contributed by atoms with Crippen LogP contribution in [-0.4, -0.2) is 57.2 Å². The van der Waals surface area contributed by atoms with Gasteiger partial charge in [-0.1, -0.05) is 6.92 Å². The fraction of sp³-hybridized carbons (Fsp3) is 0.500. The molecule has 3 rings (SSSR count). The molecule has 0 bridgehead atoms. The third kappa shape index (κ3) is 3.97. The molecule has 1 saturated heterocycles. The van der Waals surface area contributed by atoms with Crippen molar-refractivity contribution >= 4 is 29.0 Å². The molecule has 0 aromatic carbocycles. The Balaban J connectivity index is 1.53. The van der Waals surface area contributed by atoms with Crippen molar-refractivity contribution in [2.45, 2.75) is 17.7 Å². The summed E-state index contributed by atoms with van der Waals surface area (Å²) in [6.07, 6.45) is 3.80. The highest BCUT2D eigenvalue weighted by Crippen LogP contribution is 2.28. The smallest absolute Gasteiger partial charge is 0.264 e. The van der Waals surface area contributed by atoms with Crippen LogP contribution in [0.4, 0.5) is 0 Å². The van der Waals surface area contributed by atoms with E-state index in [0.29, 0.717) is 0 Å². The number of aromatic nitrogens is 2. The molecule has 0 unspecified atom stereocenters. The quantitative estimate of drug-likeness (QED) is 0.777. The van der Waals surface area contributed by atoms with E-state index in [2.05, 4.69) is 27.4 Å². The van der Waals surface area contributed by atoms with Gasteiger partial charge in [-0.3, -0.25) is 9.69 Å². The van der Waals surface area contributed by atoms with E-state index in [1.54, 1.807) is 23.1 Å². The molecule has 1 fully saturated rings. The summed E-state index contributed by atoms with van der Waals surface area (Å²) in [6.45, 7) is 6.37. The first-order valence-corrected chi connectivity index (χ1v) is 9.68. The summed E-state index contributed by atoms with van der Waals surface area (Å²) in [5.74, 6) is 2.29. The standard InChI is InChI=1S/C16H22N4OS2/c1-3-22-15-5-4-13(23-15)16(21)20-10-8-19(9-11-20)12-14-17-6-7-18(14)2/h4-7H,3,8-12H2,1-2H3. The number of hydrogen-bond donors (Lipinski definition) is 0. The van der Waals surface area contributed by atoms with Gasteiger partial charge in [-0.15, -0.1) is 23.1 Å². The molecule has 0 radical (unpaired) electrons. The molecule has 3 heterocycles. The van der Waals surface area contributed by atoms with E-state index in [4.69, 9.17) is 0 Å². The lowest BCUT2D eigenvalue weighted by Crippen LogP contribution is -2.48. The number of nitrogens with zero attached hydrogens (tertiary/aromatic N) is 4. The van der Waals surface area contributed by atoms with Crippen molar-refractivity contribution in [3.63, 3.8) is 0 Å². The summed E-state index contributed by atoms with van der Waals surface area (Å²) < 4.78 is 3.28. The maximum Gasteiger partial charge on any atom is 0.264 e. The fourth-order valence-electron chi connectivity index (χ4n) is 2.67. The van der Waals surface area contributed by atoms with Crippen molar-refractivity contribution in [3.05, 3.63) is 35.2 Å². The molecule has 1 amide bonds. The van der Waals surface area contributed by atoms with Gasteiger partial charge in [0.15, 0.2) is 0 Å². The van der Waals surface area contributed by atoms with Gasteiger partial charge in [0, 0.05) is 45.6 Å². The van der Waals surface area contributed by atoms with Gasteiger partial charge in [0.25, 0.3) is 5.91 Å². The second kappa shape index (κ2) is 7.51. The third-order valence-corrected chi connectivity index (χ3v) is 6.20. The first-order chi connectivity index (χ1) is 11.2. The molecule has 124 valence electrons. The average Bonchev–Trinajstić information content (AvgIpc) is 3.18. The average molecular weight is 351 g/mol. The van der Waals surface area contributed by atoms with Gasteiger partial charge in [0.05, 0.1) is 15.6 Å². The van der Waals surface area contributed by atoms with Crippen LogP contribution in [0.2, 0.25) is 0 Å². The zero-order chi connectivity index (χ0) is 16.2. The van der Waals surface area contributed by atoms with E-state index in [0.717, 1.165) is 49.2 Å². The first-order valence-electron chi connectivity index (χ1n) is 7.88. The molecule has 7 heteroatoms. The Hall–Kier alpha value is -1.31. The highest BCUT2D eigenvalue weighted by Gasteiger charge is 2.23. The molecule has 0 spiro atoms. The molecule has 2 aromatic heterocycles. The van der Waals surface area contributed by atoms with Gasteiger partial charge in [0.1, 0.15) is 5.82 Å². The number of carbonyl (C=O) groups excluding carboxylic acids is 1. The van der Waals surface area contributed by atoms with Crippen LogP contribution in [0.15, 0.2) is 28.7 Å². The maximum atomic E-state index is 12.6. The predicted molar refractivity (Wildman–Crippen MR) is 95.1 cm³/mol. The molecule has 23 heavy (non-hydrogen) atoms. The SMILES string of the molecule is CCSc1ccc(C(=O)N2CCN(Cc3nccn3C)CC2)s1. The van der Waals surface area contributed by atoms with Crippen LogP contribution in [-0.2, 0) is 13.6 Å². The number of hydrogen-bond acceptors (Lipinski definition) is 5. The Morgan fingerprint density at radius 1 is 1.30 bits per heavy atom. The van der Waals surface area contributed by atoms with E-state index >= 15 is 0 Å². The maximum absolute atomic E-state index is 12.6.